The van der Waals surface area contributed by atoms with Crippen LogP contribution in [0.15, 0.2) is 12.1 Å². The van der Waals surface area contributed by atoms with Gasteiger partial charge in [-0.3, -0.25) is 9.59 Å². The van der Waals surface area contributed by atoms with Crippen molar-refractivity contribution in [1.29, 1.82) is 0 Å². The van der Waals surface area contributed by atoms with Gasteiger partial charge in [0.1, 0.15) is 0 Å². The zero-order valence-electron chi connectivity index (χ0n) is 8.61. The molecule has 1 aromatic carbocycles. The van der Waals surface area contributed by atoms with Crippen LogP contribution in [-0.2, 0) is 14.3 Å². The van der Waals surface area contributed by atoms with Crippen molar-refractivity contribution in [3.05, 3.63) is 17.7 Å². The molecule has 5 N–H and O–H groups in total. The van der Waals surface area contributed by atoms with Crippen molar-refractivity contribution < 1.29 is 14.3 Å². The number of rotatable bonds is 1. The van der Waals surface area contributed by atoms with Crippen molar-refractivity contribution in [1.82, 2.24) is 0 Å². The third kappa shape index (κ3) is 1.35. The third-order valence-corrected chi connectivity index (χ3v) is 2.52. The molecule has 1 unspecified atom stereocenters. The Bertz CT molecular complexity index is 484. The first-order valence-corrected chi connectivity index (χ1v) is 4.62. The lowest BCUT2D eigenvalue weighted by molar-refractivity contribution is -0.144. The van der Waals surface area contributed by atoms with Gasteiger partial charge >= 0.3 is 5.97 Å². The van der Waals surface area contributed by atoms with Gasteiger partial charge in [0, 0.05) is 11.3 Å². The van der Waals surface area contributed by atoms with Gasteiger partial charge in [-0.25, -0.2) is 0 Å². The van der Waals surface area contributed by atoms with Gasteiger partial charge < -0.3 is 21.5 Å². The van der Waals surface area contributed by atoms with Crippen molar-refractivity contribution in [3.63, 3.8) is 0 Å². The maximum Gasteiger partial charge on any atom is 0.322 e. The van der Waals surface area contributed by atoms with E-state index in [-0.39, 0.29) is 0 Å². The predicted octanol–water partition coefficient (Wildman–Crippen LogP) is 0.0597. The van der Waals surface area contributed by atoms with Crippen LogP contribution in [0, 0.1) is 0 Å². The van der Waals surface area contributed by atoms with Crippen molar-refractivity contribution in [2.24, 2.45) is 0 Å². The number of nitrogen functional groups attached to an aromatic ring is 2. The van der Waals surface area contributed by atoms with Gasteiger partial charge in [0.25, 0.3) is 0 Å². The molecule has 0 aliphatic carbocycles. The molecule has 1 aromatic rings. The monoisotopic (exact) mass is 221 g/mol. The third-order valence-electron chi connectivity index (χ3n) is 2.52. The van der Waals surface area contributed by atoms with Crippen LogP contribution in [-0.4, -0.2) is 19.0 Å². The van der Waals surface area contributed by atoms with E-state index in [1.807, 2.05) is 0 Å². The normalized spacial score (nSPS) is 17.8. The molecule has 2 rings (SSSR count). The smallest absolute Gasteiger partial charge is 0.322 e. The van der Waals surface area contributed by atoms with Crippen molar-refractivity contribution in [2.75, 3.05) is 23.9 Å². The average molecular weight is 221 g/mol. The van der Waals surface area contributed by atoms with E-state index in [2.05, 4.69) is 10.1 Å². The number of fused-ring (bicyclic) bond motifs is 1. The van der Waals surface area contributed by atoms with Gasteiger partial charge in [-0.15, -0.1) is 0 Å². The zero-order valence-corrected chi connectivity index (χ0v) is 8.61. The van der Waals surface area contributed by atoms with Gasteiger partial charge in [-0.2, -0.15) is 0 Å². The van der Waals surface area contributed by atoms with E-state index in [4.69, 9.17) is 11.5 Å². The van der Waals surface area contributed by atoms with Crippen molar-refractivity contribution in [2.45, 2.75) is 5.92 Å². The van der Waals surface area contributed by atoms with Crippen molar-refractivity contribution >= 4 is 28.9 Å². The molecule has 1 heterocycles. The number of esters is 1. The zero-order chi connectivity index (χ0) is 11.9. The minimum Gasteiger partial charge on any atom is -0.468 e. The number of carbonyl (C=O) groups excluding carboxylic acids is 2. The molecule has 0 saturated heterocycles. The summed E-state index contributed by atoms with van der Waals surface area (Å²) in [5.41, 5.74) is 12.9. The van der Waals surface area contributed by atoms with Crippen LogP contribution in [0.25, 0.3) is 0 Å². The molecule has 1 atom stereocenters. The quantitative estimate of drug-likeness (QED) is 0.353. The first kappa shape index (κ1) is 10.3. The Morgan fingerprint density at radius 1 is 1.38 bits per heavy atom. The number of methoxy groups -OCH3 is 1. The van der Waals surface area contributed by atoms with Crippen LogP contribution >= 0.6 is 0 Å². The highest BCUT2D eigenvalue weighted by molar-refractivity contribution is 6.15. The second kappa shape index (κ2) is 3.41. The fourth-order valence-electron chi connectivity index (χ4n) is 1.70. The van der Waals surface area contributed by atoms with E-state index in [0.29, 0.717) is 22.6 Å². The first-order chi connectivity index (χ1) is 7.54. The Morgan fingerprint density at radius 3 is 2.62 bits per heavy atom. The van der Waals surface area contributed by atoms with Crippen LogP contribution in [0.2, 0.25) is 0 Å². The van der Waals surface area contributed by atoms with E-state index >= 15 is 0 Å². The summed E-state index contributed by atoms with van der Waals surface area (Å²) >= 11 is 0. The van der Waals surface area contributed by atoms with Crippen LogP contribution in [0.3, 0.4) is 0 Å². The second-order valence-corrected chi connectivity index (χ2v) is 3.51. The number of nitrogens with one attached hydrogen (secondary N) is 1. The fourth-order valence-corrected chi connectivity index (χ4v) is 1.70. The number of ether oxygens (including phenoxy) is 1. The lowest BCUT2D eigenvalue weighted by Crippen LogP contribution is -2.21. The molecule has 84 valence electrons. The number of amides is 1. The van der Waals surface area contributed by atoms with E-state index in [0.717, 1.165) is 0 Å². The highest BCUT2D eigenvalue weighted by atomic mass is 16.5. The van der Waals surface area contributed by atoms with Gasteiger partial charge in [-0.05, 0) is 12.1 Å². The Hall–Kier alpha value is -2.24. The molecule has 1 amide bonds. The predicted molar refractivity (Wildman–Crippen MR) is 58.7 cm³/mol. The van der Waals surface area contributed by atoms with E-state index < -0.39 is 17.8 Å². The van der Waals surface area contributed by atoms with E-state index in [1.165, 1.54) is 19.2 Å². The molecule has 0 saturated carbocycles. The second-order valence-electron chi connectivity index (χ2n) is 3.51. The molecule has 0 fully saturated rings. The Morgan fingerprint density at radius 2 is 2.00 bits per heavy atom. The summed E-state index contributed by atoms with van der Waals surface area (Å²) in [6, 6.07) is 3.05. The number of carbonyl (C=O) groups is 2. The molecule has 1 aliphatic rings. The standard InChI is InChI=1S/C10H11N3O3/c1-16-10(15)8-4-2-5(11)6(12)3-7(4)13-9(8)14/h2-3,8H,11-12H2,1H3,(H,13,14). The molecule has 0 aromatic heterocycles. The summed E-state index contributed by atoms with van der Waals surface area (Å²) in [5, 5.41) is 2.56. The lowest BCUT2D eigenvalue weighted by Gasteiger charge is -2.07. The summed E-state index contributed by atoms with van der Waals surface area (Å²) in [5.74, 6) is -1.99. The SMILES string of the molecule is COC(=O)C1C(=O)Nc2cc(N)c(N)cc21. The summed E-state index contributed by atoms with van der Waals surface area (Å²) in [7, 11) is 1.23. The molecule has 6 heteroatoms. The highest BCUT2D eigenvalue weighted by Crippen LogP contribution is 2.37. The van der Waals surface area contributed by atoms with Crippen molar-refractivity contribution in [3.8, 4) is 0 Å². The summed E-state index contributed by atoms with van der Waals surface area (Å²) in [6.45, 7) is 0. The van der Waals surface area contributed by atoms with E-state index in [9.17, 15) is 9.59 Å². The summed E-state index contributed by atoms with van der Waals surface area (Å²) in [6.07, 6.45) is 0. The highest BCUT2D eigenvalue weighted by Gasteiger charge is 2.37. The molecular weight excluding hydrogens is 210 g/mol. The number of nitrogens with two attached hydrogens (primary N) is 2. The number of hydrogen-bond donors (Lipinski definition) is 3. The van der Waals surface area contributed by atoms with Crippen LogP contribution in [0.4, 0.5) is 17.1 Å². The maximum atomic E-state index is 11.6. The number of anilines is 3. The first-order valence-electron chi connectivity index (χ1n) is 4.62. The number of hydrogen-bond acceptors (Lipinski definition) is 5. The molecule has 0 radical (unpaired) electrons. The molecule has 0 bridgehead atoms. The molecule has 1 aliphatic heterocycles. The molecular formula is C10H11N3O3. The Kier molecular flexibility index (Phi) is 2.19. The van der Waals surface area contributed by atoms with Crippen LogP contribution in [0.5, 0.6) is 0 Å². The van der Waals surface area contributed by atoms with E-state index in [1.54, 1.807) is 0 Å². The topological polar surface area (TPSA) is 107 Å². The van der Waals surface area contributed by atoms with Gasteiger partial charge in [0.05, 0.1) is 18.5 Å². The summed E-state index contributed by atoms with van der Waals surface area (Å²) < 4.78 is 4.56. The minimum atomic E-state index is -0.956. The van der Waals surface area contributed by atoms with Gasteiger partial charge in [0.15, 0.2) is 5.92 Å². The average Bonchev–Trinajstić information content (AvgIpc) is 2.54. The largest absolute Gasteiger partial charge is 0.468 e. The summed E-state index contributed by atoms with van der Waals surface area (Å²) in [4.78, 5) is 23.0. The molecule has 0 spiro atoms. The van der Waals surface area contributed by atoms with Crippen LogP contribution in [0.1, 0.15) is 11.5 Å². The minimum absolute atomic E-state index is 0.337. The fraction of sp³-hybridized carbons (Fsp3) is 0.200. The lowest BCUT2D eigenvalue weighted by atomic mass is 10.00. The Balaban J connectivity index is 2.52. The van der Waals surface area contributed by atoms with Crippen LogP contribution < -0.4 is 16.8 Å². The Labute approximate surface area is 91.6 Å². The molecule has 6 nitrogen and oxygen atoms in total. The maximum absolute atomic E-state index is 11.6. The molecule has 16 heavy (non-hydrogen) atoms. The van der Waals surface area contributed by atoms with Gasteiger partial charge in [-0.1, -0.05) is 0 Å². The van der Waals surface area contributed by atoms with Gasteiger partial charge in [0.2, 0.25) is 5.91 Å². The number of benzene rings is 1.